The molecule has 10 heteroatoms. The predicted octanol–water partition coefficient (Wildman–Crippen LogP) is 5.28. The van der Waals surface area contributed by atoms with E-state index in [0.29, 0.717) is 23.4 Å². The minimum Gasteiger partial charge on any atom is -0.484 e. The smallest absolute Gasteiger partial charge is 0.319 e. The molecule has 0 fully saturated rings. The van der Waals surface area contributed by atoms with E-state index in [0.717, 1.165) is 27.9 Å². The van der Waals surface area contributed by atoms with Gasteiger partial charge in [0.1, 0.15) is 5.75 Å². The van der Waals surface area contributed by atoms with Crippen molar-refractivity contribution in [1.82, 2.24) is 10.6 Å². The molecule has 0 saturated heterocycles. The van der Waals surface area contributed by atoms with E-state index in [1.165, 1.54) is 0 Å². The average molecular weight is 589 g/mol. The van der Waals surface area contributed by atoms with Crippen molar-refractivity contribution in [2.45, 2.75) is 53.5 Å². The third kappa shape index (κ3) is 10.8. The number of carbonyl (C=O) groups excluding carboxylic acids is 3. The lowest BCUT2D eigenvalue weighted by atomic mass is 9.96. The molecule has 5 N–H and O–H groups in total. The third-order valence-electron chi connectivity index (χ3n) is 6.71. The van der Waals surface area contributed by atoms with E-state index in [9.17, 15) is 19.2 Å². The van der Waals surface area contributed by atoms with E-state index in [1.54, 1.807) is 42.5 Å². The molecule has 0 saturated carbocycles. The highest BCUT2D eigenvalue weighted by atomic mass is 16.5. The van der Waals surface area contributed by atoms with Crippen LogP contribution < -0.4 is 26.0 Å². The molecular formula is C33H40N4O6. The summed E-state index contributed by atoms with van der Waals surface area (Å²) in [5.74, 6) is -0.870. The lowest BCUT2D eigenvalue weighted by Gasteiger charge is -2.22. The van der Waals surface area contributed by atoms with Gasteiger partial charge in [0, 0.05) is 11.4 Å². The molecule has 228 valence electrons. The molecular weight excluding hydrogens is 548 g/mol. The van der Waals surface area contributed by atoms with E-state index in [-0.39, 0.29) is 43.3 Å². The second kappa shape index (κ2) is 15.4. The van der Waals surface area contributed by atoms with Gasteiger partial charge in [-0.05, 0) is 91.3 Å². The van der Waals surface area contributed by atoms with Crippen LogP contribution in [-0.4, -0.2) is 42.1 Å². The molecule has 3 rings (SSSR count). The zero-order valence-electron chi connectivity index (χ0n) is 25.2. The fraction of sp³-hybridized carbons (Fsp3) is 0.333. The first-order chi connectivity index (χ1) is 20.4. The molecule has 1 unspecified atom stereocenters. The number of benzene rings is 3. The molecule has 0 aliphatic rings. The molecule has 3 aromatic carbocycles. The van der Waals surface area contributed by atoms with Crippen LogP contribution in [-0.2, 0) is 20.8 Å². The van der Waals surface area contributed by atoms with Crippen molar-refractivity contribution in [3.8, 4) is 5.75 Å². The van der Waals surface area contributed by atoms with Gasteiger partial charge in [0.05, 0.1) is 19.0 Å². The van der Waals surface area contributed by atoms with Gasteiger partial charge in [-0.3, -0.25) is 14.4 Å². The lowest BCUT2D eigenvalue weighted by molar-refractivity contribution is -0.136. The number of hydrogen-bond acceptors (Lipinski definition) is 5. The summed E-state index contributed by atoms with van der Waals surface area (Å²) >= 11 is 0. The Hall–Kier alpha value is -4.86. The van der Waals surface area contributed by atoms with E-state index in [4.69, 9.17) is 9.84 Å². The Morgan fingerprint density at radius 2 is 1.63 bits per heavy atom. The number of anilines is 2. The molecule has 0 radical (unpaired) electrons. The van der Waals surface area contributed by atoms with Crippen molar-refractivity contribution < 1.29 is 29.0 Å². The monoisotopic (exact) mass is 588 g/mol. The number of rotatable bonds is 13. The number of carboxylic acids is 1. The maximum Gasteiger partial charge on any atom is 0.319 e. The SMILES string of the molecule is Cc1cc(C)c(C)c(NC(=O)COc2cccc(C(CC(C)C)NC(=O)CNC(=O)Nc3cccc(CC(=O)O)c3)c2)c1. The number of urea groups is 1. The van der Waals surface area contributed by atoms with Crippen LogP contribution in [0.1, 0.15) is 54.1 Å². The van der Waals surface area contributed by atoms with E-state index in [1.807, 2.05) is 46.8 Å². The highest BCUT2D eigenvalue weighted by Crippen LogP contribution is 2.25. The maximum atomic E-state index is 12.8. The molecule has 1 atom stereocenters. The van der Waals surface area contributed by atoms with Crippen LogP contribution in [0.15, 0.2) is 60.7 Å². The predicted molar refractivity (Wildman–Crippen MR) is 166 cm³/mol. The molecule has 3 aromatic rings. The minimum absolute atomic E-state index is 0.164. The lowest BCUT2D eigenvalue weighted by Crippen LogP contribution is -2.40. The summed E-state index contributed by atoms with van der Waals surface area (Å²) in [6.45, 7) is 9.60. The first-order valence-corrected chi connectivity index (χ1v) is 14.1. The first kappa shape index (κ1) is 32.7. The summed E-state index contributed by atoms with van der Waals surface area (Å²) in [6, 6.07) is 16.8. The first-order valence-electron chi connectivity index (χ1n) is 14.1. The third-order valence-corrected chi connectivity index (χ3v) is 6.71. The van der Waals surface area contributed by atoms with Gasteiger partial charge in [-0.25, -0.2) is 4.79 Å². The zero-order valence-corrected chi connectivity index (χ0v) is 25.2. The van der Waals surface area contributed by atoms with Gasteiger partial charge in [0.25, 0.3) is 5.91 Å². The van der Waals surface area contributed by atoms with Crippen molar-refractivity contribution >= 4 is 35.2 Å². The quantitative estimate of drug-likeness (QED) is 0.184. The van der Waals surface area contributed by atoms with Crippen LogP contribution in [0.3, 0.4) is 0 Å². The second-order valence-corrected chi connectivity index (χ2v) is 11.0. The van der Waals surface area contributed by atoms with Crippen LogP contribution >= 0.6 is 0 Å². The summed E-state index contributed by atoms with van der Waals surface area (Å²) in [5.41, 5.74) is 5.69. The van der Waals surface area contributed by atoms with Crippen molar-refractivity contribution in [3.63, 3.8) is 0 Å². The molecule has 0 heterocycles. The number of hydrogen-bond donors (Lipinski definition) is 5. The number of aliphatic carboxylic acids is 1. The van der Waals surface area contributed by atoms with Crippen LogP contribution in [0.4, 0.5) is 16.2 Å². The normalized spacial score (nSPS) is 11.4. The Labute approximate surface area is 252 Å². The van der Waals surface area contributed by atoms with Crippen molar-refractivity contribution in [2.24, 2.45) is 5.92 Å². The van der Waals surface area contributed by atoms with Gasteiger partial charge in [-0.2, -0.15) is 0 Å². The Morgan fingerprint density at radius 3 is 2.35 bits per heavy atom. The molecule has 43 heavy (non-hydrogen) atoms. The summed E-state index contributed by atoms with van der Waals surface area (Å²) in [6.07, 6.45) is 0.479. The fourth-order valence-corrected chi connectivity index (χ4v) is 4.59. The van der Waals surface area contributed by atoms with Crippen LogP contribution in [0, 0.1) is 26.7 Å². The maximum absolute atomic E-state index is 12.8. The van der Waals surface area contributed by atoms with E-state index < -0.39 is 12.0 Å². The fourth-order valence-electron chi connectivity index (χ4n) is 4.59. The summed E-state index contributed by atoms with van der Waals surface area (Å²) in [7, 11) is 0. The highest BCUT2D eigenvalue weighted by molar-refractivity contribution is 5.93. The van der Waals surface area contributed by atoms with Crippen molar-refractivity contribution in [3.05, 3.63) is 88.5 Å². The summed E-state index contributed by atoms with van der Waals surface area (Å²) in [5, 5.41) is 20.0. The topological polar surface area (TPSA) is 146 Å². The Morgan fingerprint density at radius 1 is 0.884 bits per heavy atom. The number of carbonyl (C=O) groups is 4. The molecule has 0 aliphatic carbocycles. The van der Waals surface area contributed by atoms with E-state index >= 15 is 0 Å². The van der Waals surface area contributed by atoms with Gasteiger partial charge in [-0.15, -0.1) is 0 Å². The Balaban J connectivity index is 1.56. The summed E-state index contributed by atoms with van der Waals surface area (Å²) in [4.78, 5) is 48.7. The largest absolute Gasteiger partial charge is 0.484 e. The molecule has 4 amide bonds. The Bertz CT molecular complexity index is 1470. The van der Waals surface area contributed by atoms with Gasteiger partial charge >= 0.3 is 12.0 Å². The number of ether oxygens (including phenoxy) is 1. The summed E-state index contributed by atoms with van der Waals surface area (Å²) < 4.78 is 5.78. The highest BCUT2D eigenvalue weighted by Gasteiger charge is 2.18. The Kier molecular flexibility index (Phi) is 11.7. The van der Waals surface area contributed by atoms with Crippen molar-refractivity contribution in [1.29, 1.82) is 0 Å². The molecule has 0 aromatic heterocycles. The van der Waals surface area contributed by atoms with Crippen LogP contribution in [0.2, 0.25) is 0 Å². The zero-order chi connectivity index (χ0) is 31.5. The van der Waals surface area contributed by atoms with Gasteiger partial charge in [-0.1, -0.05) is 44.2 Å². The van der Waals surface area contributed by atoms with Crippen molar-refractivity contribution in [2.75, 3.05) is 23.8 Å². The van der Waals surface area contributed by atoms with E-state index in [2.05, 4.69) is 27.3 Å². The number of nitrogens with one attached hydrogen (secondary N) is 4. The minimum atomic E-state index is -0.972. The number of aryl methyl sites for hydroxylation is 2. The second-order valence-electron chi connectivity index (χ2n) is 11.0. The molecule has 0 bridgehead atoms. The standard InChI is InChI=1S/C33H40N4O6/c1-20(2)12-29(37-30(38)18-34-33(42)35-26-10-6-8-24(15-26)16-32(40)41)25-9-7-11-27(17-25)43-19-31(39)36-28-14-21(3)13-22(4)23(28)5/h6-11,13-15,17,20,29H,12,16,18-19H2,1-5H3,(H,36,39)(H,37,38)(H,40,41)(H2,34,35,42). The molecule has 10 nitrogen and oxygen atoms in total. The van der Waals surface area contributed by atoms with Gasteiger partial charge in [0.2, 0.25) is 5.91 Å². The molecule has 0 spiro atoms. The number of carboxylic acid groups (broad SMARTS) is 1. The number of amides is 4. The molecule has 0 aliphatic heterocycles. The average Bonchev–Trinajstić information content (AvgIpc) is 2.93. The van der Waals surface area contributed by atoms with Crippen LogP contribution in [0.5, 0.6) is 5.75 Å². The van der Waals surface area contributed by atoms with Gasteiger partial charge in [0.15, 0.2) is 6.61 Å². The van der Waals surface area contributed by atoms with Gasteiger partial charge < -0.3 is 31.1 Å². The van der Waals surface area contributed by atoms with Crippen LogP contribution in [0.25, 0.3) is 0 Å².